The lowest BCUT2D eigenvalue weighted by Gasteiger charge is -2.31. The molecular weight excluding hydrogens is 341 g/mol. The van der Waals surface area contributed by atoms with E-state index in [0.29, 0.717) is 0 Å². The van der Waals surface area contributed by atoms with E-state index in [1.54, 1.807) is 12.1 Å². The molecule has 0 bridgehead atoms. The molecule has 2 aromatic heterocycles. The molecule has 1 amide bonds. The van der Waals surface area contributed by atoms with Crippen LogP contribution in [0, 0.1) is 11.7 Å². The first kappa shape index (κ1) is 15.9. The minimum absolute atomic E-state index is 0.0650. The number of benzene rings is 1. The molecule has 0 spiro atoms. The topological polar surface area (TPSA) is 85.0 Å². The largest absolute Gasteiger partial charge is 0.369 e. The Bertz CT molecular complexity index is 918. The van der Waals surface area contributed by atoms with Crippen LogP contribution >= 0.6 is 11.5 Å². The maximum atomic E-state index is 13.2. The number of piperidine rings is 1. The molecule has 3 aromatic rings. The third-order valence-corrected chi connectivity index (χ3v) is 5.38. The van der Waals surface area contributed by atoms with Gasteiger partial charge in [0.25, 0.3) is 0 Å². The lowest BCUT2D eigenvalue weighted by molar-refractivity contribution is -0.122. The van der Waals surface area contributed by atoms with Gasteiger partial charge in [0.1, 0.15) is 28.1 Å². The normalized spacial score (nSPS) is 15.6. The van der Waals surface area contributed by atoms with Crippen LogP contribution in [0.5, 0.6) is 0 Å². The average molecular weight is 357 g/mol. The van der Waals surface area contributed by atoms with Crippen LogP contribution in [-0.2, 0) is 4.79 Å². The fourth-order valence-electron chi connectivity index (χ4n) is 3.15. The molecule has 8 heteroatoms. The van der Waals surface area contributed by atoms with Crippen molar-refractivity contribution in [2.75, 3.05) is 18.0 Å². The predicted octanol–water partition coefficient (Wildman–Crippen LogP) is 2.59. The monoisotopic (exact) mass is 357 g/mol. The Balaban J connectivity index is 1.68. The van der Waals surface area contributed by atoms with E-state index < -0.39 is 0 Å². The average Bonchev–Trinajstić information content (AvgIpc) is 3.06. The Kier molecular flexibility index (Phi) is 4.04. The highest BCUT2D eigenvalue weighted by atomic mass is 32.1. The molecule has 1 aromatic carbocycles. The van der Waals surface area contributed by atoms with Crippen LogP contribution in [0.15, 0.2) is 30.6 Å². The van der Waals surface area contributed by atoms with Crippen molar-refractivity contribution in [3.05, 3.63) is 36.4 Å². The van der Waals surface area contributed by atoms with Crippen molar-refractivity contribution in [1.29, 1.82) is 0 Å². The van der Waals surface area contributed by atoms with Crippen molar-refractivity contribution in [3.63, 3.8) is 0 Å². The second kappa shape index (κ2) is 6.36. The van der Waals surface area contributed by atoms with Gasteiger partial charge in [-0.3, -0.25) is 4.79 Å². The Morgan fingerprint density at radius 1 is 1.20 bits per heavy atom. The van der Waals surface area contributed by atoms with E-state index in [2.05, 4.69) is 19.2 Å². The molecule has 0 radical (unpaired) electrons. The number of hydrogen-bond acceptors (Lipinski definition) is 6. The summed E-state index contributed by atoms with van der Waals surface area (Å²) in [7, 11) is 0. The van der Waals surface area contributed by atoms with Crippen molar-refractivity contribution in [1.82, 2.24) is 14.3 Å². The molecule has 1 aliphatic heterocycles. The quantitative estimate of drug-likeness (QED) is 0.779. The van der Waals surface area contributed by atoms with Crippen molar-refractivity contribution >= 4 is 33.5 Å². The van der Waals surface area contributed by atoms with E-state index in [0.717, 1.165) is 53.2 Å². The predicted molar refractivity (Wildman–Crippen MR) is 94.7 cm³/mol. The van der Waals surface area contributed by atoms with E-state index in [4.69, 9.17) is 5.73 Å². The third-order valence-electron chi connectivity index (χ3n) is 4.55. The standard InChI is InChI=1S/C17H16FN5OS/c18-12-3-1-10(2-4-12)13-14-15(25-22-13)17(21-9-20-14)23-7-5-11(6-8-23)16(19)24/h1-4,9,11H,5-8H2,(H2,19,24). The maximum absolute atomic E-state index is 13.2. The van der Waals surface area contributed by atoms with Crippen LogP contribution in [0.3, 0.4) is 0 Å². The smallest absolute Gasteiger partial charge is 0.220 e. The Morgan fingerprint density at radius 2 is 1.92 bits per heavy atom. The lowest BCUT2D eigenvalue weighted by Crippen LogP contribution is -2.38. The molecule has 3 heterocycles. The zero-order chi connectivity index (χ0) is 17.4. The summed E-state index contributed by atoms with van der Waals surface area (Å²) in [5, 5.41) is 0. The minimum Gasteiger partial charge on any atom is -0.369 e. The van der Waals surface area contributed by atoms with Gasteiger partial charge in [0.15, 0.2) is 5.82 Å². The maximum Gasteiger partial charge on any atom is 0.220 e. The molecule has 2 N–H and O–H groups in total. The van der Waals surface area contributed by atoms with Crippen LogP contribution in [0.2, 0.25) is 0 Å². The second-order valence-corrected chi connectivity index (χ2v) is 6.85. The molecule has 128 valence electrons. The molecule has 1 saturated heterocycles. The van der Waals surface area contributed by atoms with E-state index >= 15 is 0 Å². The van der Waals surface area contributed by atoms with Crippen molar-refractivity contribution < 1.29 is 9.18 Å². The van der Waals surface area contributed by atoms with Gasteiger partial charge in [-0.05, 0) is 48.6 Å². The third kappa shape index (κ3) is 2.93. The summed E-state index contributed by atoms with van der Waals surface area (Å²) in [6.07, 6.45) is 2.98. The van der Waals surface area contributed by atoms with Crippen LogP contribution in [0.4, 0.5) is 10.2 Å². The number of amides is 1. The Labute approximate surface area is 147 Å². The first-order valence-corrected chi connectivity index (χ1v) is 8.81. The van der Waals surface area contributed by atoms with E-state index in [-0.39, 0.29) is 17.6 Å². The highest BCUT2D eigenvalue weighted by Crippen LogP contribution is 2.35. The summed E-state index contributed by atoms with van der Waals surface area (Å²) in [6, 6.07) is 6.22. The minimum atomic E-state index is -0.282. The van der Waals surface area contributed by atoms with Gasteiger partial charge in [-0.2, -0.15) is 4.37 Å². The van der Waals surface area contributed by atoms with Gasteiger partial charge >= 0.3 is 0 Å². The van der Waals surface area contributed by atoms with Crippen LogP contribution in [-0.4, -0.2) is 33.3 Å². The number of nitrogens with zero attached hydrogens (tertiary/aromatic N) is 4. The lowest BCUT2D eigenvalue weighted by atomic mass is 9.96. The summed E-state index contributed by atoms with van der Waals surface area (Å²) in [6.45, 7) is 1.45. The van der Waals surface area contributed by atoms with Gasteiger partial charge < -0.3 is 10.6 Å². The van der Waals surface area contributed by atoms with Gasteiger partial charge in [-0.25, -0.2) is 14.4 Å². The number of primary amides is 1. The number of fused-ring (bicyclic) bond motifs is 1. The Hall–Kier alpha value is -2.61. The molecule has 4 rings (SSSR count). The van der Waals surface area contributed by atoms with Crippen molar-refractivity contribution in [2.24, 2.45) is 11.7 Å². The molecule has 0 saturated carbocycles. The number of hydrogen-bond donors (Lipinski definition) is 1. The number of halogens is 1. The number of carbonyl (C=O) groups is 1. The van der Waals surface area contributed by atoms with Crippen molar-refractivity contribution in [2.45, 2.75) is 12.8 Å². The van der Waals surface area contributed by atoms with Crippen LogP contribution < -0.4 is 10.6 Å². The van der Waals surface area contributed by atoms with Gasteiger partial charge in [-0.1, -0.05) is 0 Å². The zero-order valence-electron chi connectivity index (χ0n) is 13.4. The summed E-state index contributed by atoms with van der Waals surface area (Å²) in [4.78, 5) is 22.3. The molecule has 1 fully saturated rings. The zero-order valence-corrected chi connectivity index (χ0v) is 14.2. The van der Waals surface area contributed by atoms with Gasteiger partial charge in [0, 0.05) is 24.6 Å². The molecule has 1 aliphatic rings. The molecule has 6 nitrogen and oxygen atoms in total. The fourth-order valence-corrected chi connectivity index (χ4v) is 4.02. The van der Waals surface area contributed by atoms with Gasteiger partial charge in [-0.15, -0.1) is 0 Å². The summed E-state index contributed by atoms with van der Waals surface area (Å²) >= 11 is 1.34. The van der Waals surface area contributed by atoms with Crippen LogP contribution in [0.25, 0.3) is 21.5 Å². The number of carbonyl (C=O) groups excluding carboxylic acids is 1. The summed E-state index contributed by atoms with van der Waals surface area (Å²) in [5.74, 6) is 0.253. The summed E-state index contributed by atoms with van der Waals surface area (Å²) < 4.78 is 18.6. The van der Waals surface area contributed by atoms with E-state index in [1.807, 2.05) is 0 Å². The Morgan fingerprint density at radius 3 is 2.60 bits per heavy atom. The van der Waals surface area contributed by atoms with E-state index in [1.165, 1.54) is 30.0 Å². The second-order valence-electron chi connectivity index (χ2n) is 6.08. The summed E-state index contributed by atoms with van der Waals surface area (Å²) in [5.41, 5.74) is 7.72. The number of anilines is 1. The first-order valence-electron chi connectivity index (χ1n) is 8.04. The molecule has 0 aliphatic carbocycles. The SMILES string of the molecule is NC(=O)C1CCN(c2ncnc3c(-c4ccc(F)cc4)nsc23)CC1. The number of rotatable bonds is 3. The highest BCUT2D eigenvalue weighted by molar-refractivity contribution is 7.14. The molecular formula is C17H16FN5OS. The number of aromatic nitrogens is 3. The number of nitrogens with two attached hydrogens (primary N) is 1. The van der Waals surface area contributed by atoms with Gasteiger partial charge in [0.05, 0.1) is 0 Å². The molecule has 0 atom stereocenters. The fraction of sp³-hybridized carbons (Fsp3) is 0.294. The molecule has 0 unspecified atom stereocenters. The van der Waals surface area contributed by atoms with Crippen molar-refractivity contribution in [3.8, 4) is 11.3 Å². The molecule has 25 heavy (non-hydrogen) atoms. The van der Waals surface area contributed by atoms with Gasteiger partial charge in [0.2, 0.25) is 5.91 Å². The van der Waals surface area contributed by atoms with E-state index in [9.17, 15) is 9.18 Å². The van der Waals surface area contributed by atoms with Crippen LogP contribution in [0.1, 0.15) is 12.8 Å². The highest BCUT2D eigenvalue weighted by Gasteiger charge is 2.26. The first-order chi connectivity index (χ1) is 12.1.